The molecule has 0 fully saturated rings. The molecule has 0 aromatic carbocycles. The van der Waals surface area contributed by atoms with Crippen LogP contribution in [0.3, 0.4) is 0 Å². The molecule has 1 rings (SSSR count). The summed E-state index contributed by atoms with van der Waals surface area (Å²) in [7, 11) is 3.85. The molecule has 5 nitrogen and oxygen atoms in total. The predicted octanol–water partition coefficient (Wildman–Crippen LogP) is 1.46. The normalized spacial score (nSPS) is 12.0. The van der Waals surface area contributed by atoms with E-state index in [0.29, 0.717) is 18.9 Å². The number of aromatic nitrogens is 1. The number of carbonyl (C=O) groups is 1. The van der Waals surface area contributed by atoms with Gasteiger partial charge in [0.25, 0.3) is 0 Å². The van der Waals surface area contributed by atoms with Crippen LogP contribution < -0.4 is 16.0 Å². The van der Waals surface area contributed by atoms with Gasteiger partial charge in [0.05, 0.1) is 11.9 Å². The molecule has 0 aliphatic heterocycles. The Labute approximate surface area is 108 Å². The first-order chi connectivity index (χ1) is 8.52. The highest BCUT2D eigenvalue weighted by atomic mass is 16.1. The van der Waals surface area contributed by atoms with Gasteiger partial charge in [0.1, 0.15) is 5.82 Å². The van der Waals surface area contributed by atoms with Gasteiger partial charge in [-0.3, -0.25) is 4.79 Å². The minimum atomic E-state index is 0.00898. The lowest BCUT2D eigenvalue weighted by molar-refractivity contribution is -0.116. The van der Waals surface area contributed by atoms with E-state index in [-0.39, 0.29) is 5.91 Å². The fourth-order valence-corrected chi connectivity index (χ4v) is 1.44. The second-order valence-corrected chi connectivity index (χ2v) is 4.73. The SMILES string of the molecule is CC(CN)CCC(=O)Nc1ccc(N(C)C)nc1. The number of rotatable bonds is 6. The van der Waals surface area contributed by atoms with Gasteiger partial charge in [0, 0.05) is 20.5 Å². The molecule has 0 aliphatic carbocycles. The van der Waals surface area contributed by atoms with Crippen LogP contribution in [0.25, 0.3) is 0 Å². The van der Waals surface area contributed by atoms with Crippen molar-refractivity contribution >= 4 is 17.4 Å². The Balaban J connectivity index is 2.44. The van der Waals surface area contributed by atoms with Crippen LogP contribution >= 0.6 is 0 Å². The van der Waals surface area contributed by atoms with E-state index >= 15 is 0 Å². The van der Waals surface area contributed by atoms with E-state index < -0.39 is 0 Å². The van der Waals surface area contributed by atoms with Crippen molar-refractivity contribution in [1.29, 1.82) is 0 Å². The molecule has 1 heterocycles. The second-order valence-electron chi connectivity index (χ2n) is 4.73. The van der Waals surface area contributed by atoms with Crippen LogP contribution in [0.5, 0.6) is 0 Å². The summed E-state index contributed by atoms with van der Waals surface area (Å²) < 4.78 is 0. The molecule has 0 spiro atoms. The van der Waals surface area contributed by atoms with E-state index in [1.807, 2.05) is 38.1 Å². The van der Waals surface area contributed by atoms with Gasteiger partial charge in [-0.1, -0.05) is 6.92 Å². The third kappa shape index (κ3) is 4.71. The summed E-state index contributed by atoms with van der Waals surface area (Å²) in [5, 5.41) is 2.83. The minimum Gasteiger partial charge on any atom is -0.363 e. The average Bonchev–Trinajstić information content (AvgIpc) is 2.36. The maximum Gasteiger partial charge on any atom is 0.224 e. The van der Waals surface area contributed by atoms with Crippen molar-refractivity contribution < 1.29 is 4.79 Å². The summed E-state index contributed by atoms with van der Waals surface area (Å²) in [6.07, 6.45) is 2.97. The molecule has 0 saturated carbocycles. The fourth-order valence-electron chi connectivity index (χ4n) is 1.44. The Morgan fingerprint density at radius 3 is 2.72 bits per heavy atom. The Morgan fingerprint density at radius 1 is 1.50 bits per heavy atom. The van der Waals surface area contributed by atoms with Crippen molar-refractivity contribution in [2.45, 2.75) is 19.8 Å². The van der Waals surface area contributed by atoms with Crippen molar-refractivity contribution in [2.75, 3.05) is 30.9 Å². The third-order valence-corrected chi connectivity index (χ3v) is 2.76. The molecule has 1 aromatic rings. The standard InChI is InChI=1S/C13H22N4O/c1-10(8-14)4-7-13(18)16-11-5-6-12(15-9-11)17(2)3/h5-6,9-10H,4,7-8,14H2,1-3H3,(H,16,18). The number of nitrogens with two attached hydrogens (primary N) is 1. The molecule has 18 heavy (non-hydrogen) atoms. The van der Waals surface area contributed by atoms with Gasteiger partial charge in [0.15, 0.2) is 0 Å². The van der Waals surface area contributed by atoms with Crippen LogP contribution in [0.1, 0.15) is 19.8 Å². The number of anilines is 2. The number of nitrogens with zero attached hydrogens (tertiary/aromatic N) is 2. The Morgan fingerprint density at radius 2 is 2.22 bits per heavy atom. The highest BCUT2D eigenvalue weighted by Crippen LogP contribution is 2.12. The number of pyridine rings is 1. The van der Waals surface area contributed by atoms with Crippen LogP contribution in [-0.4, -0.2) is 31.5 Å². The van der Waals surface area contributed by atoms with Crippen molar-refractivity contribution in [3.63, 3.8) is 0 Å². The zero-order chi connectivity index (χ0) is 13.5. The third-order valence-electron chi connectivity index (χ3n) is 2.76. The number of hydrogen-bond acceptors (Lipinski definition) is 4. The molecule has 5 heteroatoms. The van der Waals surface area contributed by atoms with E-state index in [4.69, 9.17) is 5.73 Å². The predicted molar refractivity (Wildman–Crippen MR) is 74.6 cm³/mol. The maximum absolute atomic E-state index is 11.7. The average molecular weight is 250 g/mol. The molecule has 1 unspecified atom stereocenters. The molecule has 0 radical (unpaired) electrons. The van der Waals surface area contributed by atoms with Gasteiger partial charge in [0.2, 0.25) is 5.91 Å². The molecule has 1 atom stereocenters. The molecule has 3 N–H and O–H groups in total. The maximum atomic E-state index is 11.7. The van der Waals surface area contributed by atoms with Crippen LogP contribution in [-0.2, 0) is 4.79 Å². The summed E-state index contributed by atoms with van der Waals surface area (Å²) in [4.78, 5) is 17.8. The zero-order valence-electron chi connectivity index (χ0n) is 11.3. The lowest BCUT2D eigenvalue weighted by atomic mass is 10.1. The molecule has 0 bridgehead atoms. The number of nitrogens with one attached hydrogen (secondary N) is 1. The Hall–Kier alpha value is -1.62. The molecular weight excluding hydrogens is 228 g/mol. The highest BCUT2D eigenvalue weighted by Gasteiger charge is 2.06. The van der Waals surface area contributed by atoms with Gasteiger partial charge in [-0.15, -0.1) is 0 Å². The fraction of sp³-hybridized carbons (Fsp3) is 0.538. The minimum absolute atomic E-state index is 0.00898. The van der Waals surface area contributed by atoms with Crippen LogP contribution in [0, 0.1) is 5.92 Å². The highest BCUT2D eigenvalue weighted by molar-refractivity contribution is 5.90. The molecule has 0 saturated heterocycles. The monoisotopic (exact) mass is 250 g/mol. The smallest absolute Gasteiger partial charge is 0.224 e. The van der Waals surface area contributed by atoms with E-state index in [2.05, 4.69) is 10.3 Å². The summed E-state index contributed by atoms with van der Waals surface area (Å²) in [6.45, 7) is 2.66. The molecule has 0 aliphatic rings. The van der Waals surface area contributed by atoms with Crippen LogP contribution in [0.15, 0.2) is 18.3 Å². The van der Waals surface area contributed by atoms with Gasteiger partial charge >= 0.3 is 0 Å². The van der Waals surface area contributed by atoms with E-state index in [1.54, 1.807) is 6.20 Å². The topological polar surface area (TPSA) is 71.2 Å². The van der Waals surface area contributed by atoms with Crippen molar-refractivity contribution in [3.8, 4) is 0 Å². The summed E-state index contributed by atoms with van der Waals surface area (Å²) in [5.74, 6) is 1.25. The Kier molecular flexibility index (Phi) is 5.58. The first kappa shape index (κ1) is 14.4. The second kappa shape index (κ2) is 6.96. The largest absolute Gasteiger partial charge is 0.363 e. The molecular formula is C13H22N4O. The Bertz CT molecular complexity index is 375. The van der Waals surface area contributed by atoms with Crippen LogP contribution in [0.2, 0.25) is 0 Å². The van der Waals surface area contributed by atoms with Gasteiger partial charge < -0.3 is 16.0 Å². The van der Waals surface area contributed by atoms with Gasteiger partial charge in [-0.2, -0.15) is 0 Å². The number of amides is 1. The molecule has 1 amide bonds. The van der Waals surface area contributed by atoms with E-state index in [1.165, 1.54) is 0 Å². The first-order valence-corrected chi connectivity index (χ1v) is 6.16. The van der Waals surface area contributed by atoms with Crippen molar-refractivity contribution in [1.82, 2.24) is 4.98 Å². The summed E-state index contributed by atoms with van der Waals surface area (Å²) in [5.41, 5.74) is 6.24. The summed E-state index contributed by atoms with van der Waals surface area (Å²) in [6, 6.07) is 3.73. The lowest BCUT2D eigenvalue weighted by Crippen LogP contribution is -2.16. The van der Waals surface area contributed by atoms with E-state index in [0.717, 1.165) is 17.9 Å². The zero-order valence-corrected chi connectivity index (χ0v) is 11.3. The van der Waals surface area contributed by atoms with Crippen molar-refractivity contribution in [2.24, 2.45) is 11.7 Å². The summed E-state index contributed by atoms with van der Waals surface area (Å²) >= 11 is 0. The number of carbonyl (C=O) groups excluding carboxylic acids is 1. The lowest BCUT2D eigenvalue weighted by Gasteiger charge is -2.12. The van der Waals surface area contributed by atoms with Gasteiger partial charge in [-0.05, 0) is 31.0 Å². The molecule has 100 valence electrons. The van der Waals surface area contributed by atoms with Crippen molar-refractivity contribution in [3.05, 3.63) is 18.3 Å². The molecule has 1 aromatic heterocycles. The van der Waals surface area contributed by atoms with Gasteiger partial charge in [-0.25, -0.2) is 4.98 Å². The first-order valence-electron chi connectivity index (χ1n) is 6.16. The quantitative estimate of drug-likeness (QED) is 0.802. The number of hydrogen-bond donors (Lipinski definition) is 2. The van der Waals surface area contributed by atoms with E-state index in [9.17, 15) is 4.79 Å². The van der Waals surface area contributed by atoms with Crippen LogP contribution in [0.4, 0.5) is 11.5 Å².